The zero-order valence-electron chi connectivity index (χ0n) is 10.8. The molecule has 0 bridgehead atoms. The Bertz CT molecular complexity index is 431. The maximum atomic E-state index is 11.7. The van der Waals surface area contributed by atoms with E-state index in [1.807, 2.05) is 19.2 Å². The van der Waals surface area contributed by atoms with Crippen molar-refractivity contribution in [1.82, 2.24) is 10.3 Å². The predicted molar refractivity (Wildman–Crippen MR) is 69.4 cm³/mol. The van der Waals surface area contributed by atoms with Gasteiger partial charge in [-0.15, -0.1) is 11.3 Å². The Balaban J connectivity index is 2.42. The molecule has 0 aromatic carbocycles. The summed E-state index contributed by atoms with van der Waals surface area (Å²) in [5.74, 6) is -1.17. The van der Waals surface area contributed by atoms with Gasteiger partial charge in [-0.2, -0.15) is 0 Å². The number of rotatable bonds is 6. The summed E-state index contributed by atoms with van der Waals surface area (Å²) in [7, 11) is 0. The van der Waals surface area contributed by atoms with Crippen LogP contribution in [0.15, 0.2) is 5.38 Å². The molecule has 2 unspecified atom stereocenters. The molecular formula is C12H18N2O3S. The molecule has 18 heavy (non-hydrogen) atoms. The lowest BCUT2D eigenvalue weighted by Crippen LogP contribution is -2.28. The summed E-state index contributed by atoms with van der Waals surface area (Å²) in [5.41, 5.74) is 0.940. The zero-order chi connectivity index (χ0) is 13.7. The van der Waals surface area contributed by atoms with Gasteiger partial charge in [-0.3, -0.25) is 9.59 Å². The standard InChI is InChI=1S/C12H18N2O3S/c1-7(5-11(16)17)4-10(15)14-9(3)12-13-8(2)6-18-12/h6-7,9H,4-5H2,1-3H3,(H,14,15)(H,16,17). The molecule has 0 fully saturated rings. The fourth-order valence-corrected chi connectivity index (χ4v) is 2.42. The highest BCUT2D eigenvalue weighted by atomic mass is 32.1. The fraction of sp³-hybridized carbons (Fsp3) is 0.583. The number of aryl methyl sites for hydroxylation is 1. The highest BCUT2D eigenvalue weighted by Gasteiger charge is 2.16. The highest BCUT2D eigenvalue weighted by molar-refractivity contribution is 7.09. The van der Waals surface area contributed by atoms with Crippen molar-refractivity contribution in [3.05, 3.63) is 16.1 Å². The summed E-state index contributed by atoms with van der Waals surface area (Å²) >= 11 is 1.51. The van der Waals surface area contributed by atoms with Crippen LogP contribution in [0.25, 0.3) is 0 Å². The lowest BCUT2D eigenvalue weighted by Gasteiger charge is -2.13. The number of aromatic nitrogens is 1. The second kappa shape index (κ2) is 6.49. The number of carboxylic acid groups (broad SMARTS) is 1. The summed E-state index contributed by atoms with van der Waals surface area (Å²) in [4.78, 5) is 26.5. The Kier molecular flexibility index (Phi) is 5.27. The molecule has 0 aliphatic rings. The summed E-state index contributed by atoms with van der Waals surface area (Å²) in [6.45, 7) is 5.54. The Morgan fingerprint density at radius 2 is 2.11 bits per heavy atom. The second-order valence-corrected chi connectivity index (χ2v) is 5.41. The molecule has 1 aromatic rings. The average Bonchev–Trinajstić information content (AvgIpc) is 2.62. The molecule has 100 valence electrons. The summed E-state index contributed by atoms with van der Waals surface area (Å²) in [6, 6.07) is -0.131. The number of nitrogens with zero attached hydrogens (tertiary/aromatic N) is 1. The molecular weight excluding hydrogens is 252 g/mol. The van der Waals surface area contributed by atoms with Gasteiger partial charge in [0.15, 0.2) is 0 Å². The molecule has 0 saturated carbocycles. The van der Waals surface area contributed by atoms with Crippen LogP contribution in [-0.4, -0.2) is 22.0 Å². The van der Waals surface area contributed by atoms with E-state index in [-0.39, 0.29) is 30.7 Å². The fourth-order valence-electron chi connectivity index (χ4n) is 1.62. The minimum absolute atomic E-state index is 0.0121. The SMILES string of the molecule is Cc1csc(C(C)NC(=O)CC(C)CC(=O)O)n1. The molecule has 5 nitrogen and oxygen atoms in total. The summed E-state index contributed by atoms with van der Waals surface area (Å²) in [6.07, 6.45) is 0.235. The molecule has 1 amide bonds. The minimum atomic E-state index is -0.876. The van der Waals surface area contributed by atoms with Crippen molar-refractivity contribution >= 4 is 23.2 Å². The van der Waals surface area contributed by atoms with Crippen molar-refractivity contribution in [2.24, 2.45) is 5.92 Å². The van der Waals surface area contributed by atoms with Gasteiger partial charge in [-0.05, 0) is 19.8 Å². The van der Waals surface area contributed by atoms with Crippen molar-refractivity contribution < 1.29 is 14.7 Å². The molecule has 1 aromatic heterocycles. The predicted octanol–water partition coefficient (Wildman–Crippen LogP) is 2.13. The number of aliphatic carboxylic acids is 1. The zero-order valence-corrected chi connectivity index (χ0v) is 11.6. The lowest BCUT2D eigenvalue weighted by atomic mass is 10.0. The Morgan fingerprint density at radius 1 is 1.44 bits per heavy atom. The molecule has 0 spiro atoms. The molecule has 0 aliphatic heterocycles. The van der Waals surface area contributed by atoms with Gasteiger partial charge in [0.25, 0.3) is 0 Å². The molecule has 6 heteroatoms. The normalized spacial score (nSPS) is 13.9. The van der Waals surface area contributed by atoms with Crippen LogP contribution in [0, 0.1) is 12.8 Å². The van der Waals surface area contributed by atoms with Gasteiger partial charge < -0.3 is 10.4 Å². The smallest absolute Gasteiger partial charge is 0.303 e. The van der Waals surface area contributed by atoms with Crippen molar-refractivity contribution in [2.75, 3.05) is 0 Å². The molecule has 0 radical (unpaired) electrons. The van der Waals surface area contributed by atoms with Gasteiger partial charge in [-0.1, -0.05) is 6.92 Å². The van der Waals surface area contributed by atoms with Gasteiger partial charge >= 0.3 is 5.97 Å². The van der Waals surface area contributed by atoms with E-state index in [2.05, 4.69) is 10.3 Å². The first kappa shape index (κ1) is 14.6. The summed E-state index contributed by atoms with van der Waals surface area (Å²) < 4.78 is 0. The van der Waals surface area contributed by atoms with E-state index >= 15 is 0 Å². The molecule has 0 aliphatic carbocycles. The first-order valence-electron chi connectivity index (χ1n) is 5.81. The van der Waals surface area contributed by atoms with Gasteiger partial charge in [0, 0.05) is 23.9 Å². The number of thiazole rings is 1. The number of amides is 1. The van der Waals surface area contributed by atoms with Crippen molar-refractivity contribution in [1.29, 1.82) is 0 Å². The lowest BCUT2D eigenvalue weighted by molar-refractivity contribution is -0.138. The van der Waals surface area contributed by atoms with Crippen LogP contribution in [0.1, 0.15) is 43.4 Å². The number of nitrogens with one attached hydrogen (secondary N) is 1. The quantitative estimate of drug-likeness (QED) is 0.830. The number of hydrogen-bond donors (Lipinski definition) is 2. The van der Waals surface area contributed by atoms with Crippen LogP contribution < -0.4 is 5.32 Å². The van der Waals surface area contributed by atoms with Crippen LogP contribution in [-0.2, 0) is 9.59 Å². The molecule has 1 heterocycles. The van der Waals surface area contributed by atoms with Crippen LogP contribution in [0.4, 0.5) is 0 Å². The third-order valence-corrected chi connectivity index (χ3v) is 3.59. The third-order valence-electron chi connectivity index (χ3n) is 2.44. The first-order chi connectivity index (χ1) is 8.38. The van der Waals surface area contributed by atoms with E-state index in [0.717, 1.165) is 10.7 Å². The minimum Gasteiger partial charge on any atom is -0.481 e. The van der Waals surface area contributed by atoms with Gasteiger partial charge in [0.05, 0.1) is 6.04 Å². The monoisotopic (exact) mass is 270 g/mol. The van der Waals surface area contributed by atoms with E-state index in [1.54, 1.807) is 6.92 Å². The Labute approximate surface area is 110 Å². The maximum absolute atomic E-state index is 11.7. The topological polar surface area (TPSA) is 79.3 Å². The summed E-state index contributed by atoms with van der Waals surface area (Å²) in [5, 5.41) is 14.3. The number of hydrogen-bond acceptors (Lipinski definition) is 4. The largest absolute Gasteiger partial charge is 0.481 e. The third kappa shape index (κ3) is 4.83. The number of carbonyl (C=O) groups is 2. The van der Waals surface area contributed by atoms with Crippen LogP contribution >= 0.6 is 11.3 Å². The molecule has 1 rings (SSSR count). The van der Waals surface area contributed by atoms with Gasteiger partial charge in [0.2, 0.25) is 5.91 Å². The first-order valence-corrected chi connectivity index (χ1v) is 6.69. The average molecular weight is 270 g/mol. The van der Waals surface area contributed by atoms with E-state index in [9.17, 15) is 9.59 Å². The number of carboxylic acids is 1. The van der Waals surface area contributed by atoms with Crippen LogP contribution in [0.3, 0.4) is 0 Å². The van der Waals surface area contributed by atoms with Crippen LogP contribution in [0.5, 0.6) is 0 Å². The van der Waals surface area contributed by atoms with Crippen LogP contribution in [0.2, 0.25) is 0 Å². The van der Waals surface area contributed by atoms with E-state index in [1.165, 1.54) is 11.3 Å². The number of carbonyl (C=O) groups excluding carboxylic acids is 1. The highest BCUT2D eigenvalue weighted by Crippen LogP contribution is 2.18. The van der Waals surface area contributed by atoms with Gasteiger partial charge in [-0.25, -0.2) is 4.98 Å². The molecule has 2 N–H and O–H groups in total. The Hall–Kier alpha value is -1.43. The van der Waals surface area contributed by atoms with E-state index < -0.39 is 5.97 Å². The van der Waals surface area contributed by atoms with Gasteiger partial charge in [0.1, 0.15) is 5.01 Å². The maximum Gasteiger partial charge on any atom is 0.303 e. The van der Waals surface area contributed by atoms with E-state index in [0.29, 0.717) is 0 Å². The second-order valence-electron chi connectivity index (χ2n) is 4.52. The molecule has 2 atom stereocenters. The van der Waals surface area contributed by atoms with Crippen molar-refractivity contribution in [3.8, 4) is 0 Å². The Morgan fingerprint density at radius 3 is 2.61 bits per heavy atom. The van der Waals surface area contributed by atoms with Crippen molar-refractivity contribution in [2.45, 2.75) is 39.7 Å². The van der Waals surface area contributed by atoms with E-state index in [4.69, 9.17) is 5.11 Å². The molecule has 0 saturated heterocycles. The van der Waals surface area contributed by atoms with Crippen molar-refractivity contribution in [3.63, 3.8) is 0 Å².